The van der Waals surface area contributed by atoms with Crippen LogP contribution in [0.1, 0.15) is 6.42 Å². The van der Waals surface area contributed by atoms with Crippen LogP contribution in [0.5, 0.6) is 0 Å². The Balaban J connectivity index is 2.27. The van der Waals surface area contributed by atoms with E-state index >= 15 is 0 Å². The average molecular weight is 262 g/mol. The molecule has 5 N–H and O–H groups in total. The number of benzene rings is 1. The van der Waals surface area contributed by atoms with E-state index in [0.717, 1.165) is 0 Å². The summed E-state index contributed by atoms with van der Waals surface area (Å²) >= 11 is 0. The second-order valence-electron chi connectivity index (χ2n) is 4.27. The van der Waals surface area contributed by atoms with Crippen LogP contribution < -0.4 is 21.7 Å². The first-order chi connectivity index (χ1) is 8.99. The maximum Gasteiger partial charge on any atom is 0.244 e. The molecular formula is C12H14N4O3. The van der Waals surface area contributed by atoms with E-state index in [1.54, 1.807) is 24.3 Å². The summed E-state index contributed by atoms with van der Waals surface area (Å²) in [5.41, 5.74) is 11.7. The van der Waals surface area contributed by atoms with E-state index in [4.69, 9.17) is 11.5 Å². The van der Waals surface area contributed by atoms with Gasteiger partial charge in [0.2, 0.25) is 17.7 Å². The van der Waals surface area contributed by atoms with Gasteiger partial charge in [-0.15, -0.1) is 0 Å². The summed E-state index contributed by atoms with van der Waals surface area (Å²) in [6.07, 6.45) is -0.251. The van der Waals surface area contributed by atoms with E-state index in [1.165, 1.54) is 4.90 Å². The SMILES string of the molecule is NC(=O)CC(N)C(=O)N1CC(=O)Nc2ccccc21. The lowest BCUT2D eigenvalue weighted by molar-refractivity contribution is -0.125. The third-order valence-corrected chi connectivity index (χ3v) is 2.77. The summed E-state index contributed by atoms with van der Waals surface area (Å²) in [6.45, 7) is -0.123. The van der Waals surface area contributed by atoms with Gasteiger partial charge in [-0.05, 0) is 12.1 Å². The number of amides is 3. The van der Waals surface area contributed by atoms with Crippen molar-refractivity contribution in [1.29, 1.82) is 0 Å². The summed E-state index contributed by atoms with van der Waals surface area (Å²) < 4.78 is 0. The zero-order valence-electron chi connectivity index (χ0n) is 10.1. The molecule has 0 radical (unpaired) electrons. The molecule has 1 aromatic carbocycles. The van der Waals surface area contributed by atoms with Crippen LogP contribution in [-0.4, -0.2) is 30.3 Å². The van der Waals surface area contributed by atoms with Gasteiger partial charge < -0.3 is 16.8 Å². The van der Waals surface area contributed by atoms with E-state index in [1.807, 2.05) is 0 Å². The normalized spacial score (nSPS) is 15.4. The molecule has 0 aromatic heterocycles. The number of rotatable bonds is 3. The van der Waals surface area contributed by atoms with Crippen molar-refractivity contribution in [2.75, 3.05) is 16.8 Å². The number of primary amides is 1. The molecule has 1 unspecified atom stereocenters. The van der Waals surface area contributed by atoms with Gasteiger partial charge in [0.1, 0.15) is 6.54 Å². The molecule has 1 aliphatic rings. The van der Waals surface area contributed by atoms with Crippen LogP contribution >= 0.6 is 0 Å². The zero-order chi connectivity index (χ0) is 14.0. The van der Waals surface area contributed by atoms with Crippen LogP contribution in [0, 0.1) is 0 Å². The maximum atomic E-state index is 12.2. The van der Waals surface area contributed by atoms with Crippen molar-refractivity contribution in [2.45, 2.75) is 12.5 Å². The lowest BCUT2D eigenvalue weighted by Crippen LogP contribution is -2.50. The van der Waals surface area contributed by atoms with Gasteiger partial charge in [0.25, 0.3) is 0 Å². The van der Waals surface area contributed by atoms with Crippen LogP contribution in [0.2, 0.25) is 0 Å². The molecule has 19 heavy (non-hydrogen) atoms. The molecule has 1 aliphatic heterocycles. The molecule has 0 bridgehead atoms. The Bertz CT molecular complexity index is 544. The number of hydrogen-bond acceptors (Lipinski definition) is 4. The molecule has 3 amide bonds. The Hall–Kier alpha value is -2.41. The smallest absolute Gasteiger partial charge is 0.244 e. The fraction of sp³-hybridized carbons (Fsp3) is 0.250. The Morgan fingerprint density at radius 3 is 2.74 bits per heavy atom. The van der Waals surface area contributed by atoms with Crippen molar-refractivity contribution in [1.82, 2.24) is 0 Å². The Morgan fingerprint density at radius 1 is 1.37 bits per heavy atom. The predicted octanol–water partition coefficient (Wildman–Crippen LogP) is -0.826. The number of nitrogens with one attached hydrogen (secondary N) is 1. The fourth-order valence-corrected chi connectivity index (χ4v) is 1.93. The van der Waals surface area contributed by atoms with Crippen molar-refractivity contribution in [3.05, 3.63) is 24.3 Å². The molecule has 0 aliphatic carbocycles. The van der Waals surface area contributed by atoms with Crippen molar-refractivity contribution in [2.24, 2.45) is 11.5 Å². The fourth-order valence-electron chi connectivity index (χ4n) is 1.93. The van der Waals surface area contributed by atoms with Crippen molar-refractivity contribution < 1.29 is 14.4 Å². The van der Waals surface area contributed by atoms with Crippen LogP contribution in [0.3, 0.4) is 0 Å². The van der Waals surface area contributed by atoms with Gasteiger partial charge in [-0.2, -0.15) is 0 Å². The molecule has 7 nitrogen and oxygen atoms in total. The third-order valence-electron chi connectivity index (χ3n) is 2.77. The van der Waals surface area contributed by atoms with Gasteiger partial charge in [0.05, 0.1) is 23.8 Å². The molecule has 1 heterocycles. The van der Waals surface area contributed by atoms with Crippen molar-refractivity contribution in [3.63, 3.8) is 0 Å². The largest absolute Gasteiger partial charge is 0.370 e. The predicted molar refractivity (Wildman–Crippen MR) is 69.2 cm³/mol. The summed E-state index contributed by atoms with van der Waals surface area (Å²) in [6, 6.07) is 5.83. The second-order valence-corrected chi connectivity index (χ2v) is 4.27. The molecule has 2 rings (SSSR count). The first-order valence-corrected chi connectivity index (χ1v) is 5.73. The van der Waals surface area contributed by atoms with E-state index in [9.17, 15) is 14.4 Å². The summed E-state index contributed by atoms with van der Waals surface area (Å²) in [4.78, 5) is 35.8. The zero-order valence-corrected chi connectivity index (χ0v) is 10.1. The van der Waals surface area contributed by atoms with E-state index < -0.39 is 17.9 Å². The third kappa shape index (κ3) is 2.71. The van der Waals surface area contributed by atoms with Gasteiger partial charge in [0, 0.05) is 0 Å². The quantitative estimate of drug-likeness (QED) is 0.659. The monoisotopic (exact) mass is 262 g/mol. The van der Waals surface area contributed by atoms with Gasteiger partial charge in [0.15, 0.2) is 0 Å². The number of fused-ring (bicyclic) bond motifs is 1. The van der Waals surface area contributed by atoms with Crippen molar-refractivity contribution >= 4 is 29.1 Å². The first-order valence-electron chi connectivity index (χ1n) is 5.73. The van der Waals surface area contributed by atoms with E-state index in [-0.39, 0.29) is 18.9 Å². The minimum Gasteiger partial charge on any atom is -0.370 e. The minimum absolute atomic E-state index is 0.123. The standard InChI is InChI=1S/C12H14N4O3/c13-7(5-10(14)17)12(19)16-6-11(18)15-8-3-1-2-4-9(8)16/h1-4,7H,5-6,13H2,(H2,14,17)(H,15,18). The number of carbonyl (C=O) groups is 3. The number of hydrogen-bond donors (Lipinski definition) is 3. The highest BCUT2D eigenvalue weighted by Crippen LogP contribution is 2.29. The Morgan fingerprint density at radius 2 is 2.05 bits per heavy atom. The number of nitrogens with zero attached hydrogens (tertiary/aromatic N) is 1. The summed E-state index contributed by atoms with van der Waals surface area (Å²) in [7, 11) is 0. The van der Waals surface area contributed by atoms with Gasteiger partial charge >= 0.3 is 0 Å². The highest BCUT2D eigenvalue weighted by Gasteiger charge is 2.30. The molecular weight excluding hydrogens is 248 g/mol. The van der Waals surface area contributed by atoms with E-state index in [0.29, 0.717) is 11.4 Å². The highest BCUT2D eigenvalue weighted by molar-refractivity contribution is 6.11. The number of carbonyl (C=O) groups excluding carboxylic acids is 3. The van der Waals surface area contributed by atoms with Gasteiger partial charge in [-0.1, -0.05) is 12.1 Å². The maximum absolute atomic E-state index is 12.2. The lowest BCUT2D eigenvalue weighted by Gasteiger charge is -2.30. The highest BCUT2D eigenvalue weighted by atomic mass is 16.2. The molecule has 1 aromatic rings. The molecule has 0 fully saturated rings. The number of nitrogens with two attached hydrogens (primary N) is 2. The Kier molecular flexibility index (Phi) is 3.48. The first kappa shape index (κ1) is 13.0. The minimum atomic E-state index is -1.04. The Labute approximate surface area is 109 Å². The molecule has 1 atom stereocenters. The second kappa shape index (κ2) is 5.07. The van der Waals surface area contributed by atoms with Crippen LogP contribution in [0.15, 0.2) is 24.3 Å². The summed E-state index contributed by atoms with van der Waals surface area (Å²) in [5, 5.41) is 2.66. The van der Waals surface area contributed by atoms with E-state index in [2.05, 4.69) is 5.32 Å². The van der Waals surface area contributed by atoms with Crippen LogP contribution in [0.4, 0.5) is 11.4 Å². The number of anilines is 2. The van der Waals surface area contributed by atoms with Crippen molar-refractivity contribution in [3.8, 4) is 0 Å². The molecule has 100 valence electrons. The molecule has 0 spiro atoms. The molecule has 7 heteroatoms. The van der Waals surface area contributed by atoms with Crippen LogP contribution in [0.25, 0.3) is 0 Å². The topological polar surface area (TPSA) is 119 Å². The molecule has 0 saturated carbocycles. The van der Waals surface area contributed by atoms with Gasteiger partial charge in [-0.25, -0.2) is 0 Å². The van der Waals surface area contributed by atoms with Gasteiger partial charge in [-0.3, -0.25) is 19.3 Å². The lowest BCUT2D eigenvalue weighted by atomic mass is 10.1. The number of para-hydroxylation sites is 2. The average Bonchev–Trinajstić information content (AvgIpc) is 2.36. The summed E-state index contributed by atoms with van der Waals surface area (Å²) in [5.74, 6) is -1.46. The van der Waals surface area contributed by atoms with Crippen LogP contribution in [-0.2, 0) is 14.4 Å². The molecule has 0 saturated heterocycles.